The molecular weight excluding hydrogens is 791 g/mol. The predicted octanol–water partition coefficient (Wildman–Crippen LogP) is 5.33. The molecule has 0 aliphatic carbocycles. The molecule has 0 aliphatic rings. The summed E-state index contributed by atoms with van der Waals surface area (Å²) in [5, 5.41) is 11.8. The van der Waals surface area contributed by atoms with Gasteiger partial charge in [0, 0.05) is 5.56 Å². The van der Waals surface area contributed by atoms with Gasteiger partial charge in [0.2, 0.25) is 0 Å². The van der Waals surface area contributed by atoms with E-state index in [0.29, 0.717) is 39.7 Å². The molecule has 1 heterocycles. The van der Waals surface area contributed by atoms with Gasteiger partial charge in [-0.25, -0.2) is 8.78 Å². The van der Waals surface area contributed by atoms with Gasteiger partial charge in [0.25, 0.3) is 0 Å². The second-order valence-corrected chi connectivity index (χ2v) is 15.2. The second-order valence-electron chi connectivity index (χ2n) is 12.6. The van der Waals surface area contributed by atoms with Gasteiger partial charge < -0.3 is 5.11 Å². The summed E-state index contributed by atoms with van der Waals surface area (Å²) in [5.41, 5.74) is -5.18. The molecule has 50 heavy (non-hydrogen) atoms. The average Bonchev–Trinajstić information content (AvgIpc) is 2.95. The maximum atomic E-state index is 16.4. The number of rotatable bonds is 13. The zero-order valence-electron chi connectivity index (χ0n) is 28.2. The quantitative estimate of drug-likeness (QED) is 0.106. The Labute approximate surface area is 294 Å². The van der Waals surface area contributed by atoms with Crippen LogP contribution in [0.1, 0.15) is 84.1 Å². The molecule has 3 rings (SSSR count). The summed E-state index contributed by atoms with van der Waals surface area (Å²) in [6.07, 6.45) is -10.5. The molecule has 0 fully saturated rings. The van der Waals surface area contributed by atoms with Crippen LogP contribution < -0.4 is 32.1 Å². The number of alkyl halides is 8. The number of aliphatic carboxylic acids is 1. The van der Waals surface area contributed by atoms with E-state index >= 15 is 8.78 Å². The molecule has 1 amide bonds. The summed E-state index contributed by atoms with van der Waals surface area (Å²) < 4.78 is 118. The molecule has 2 atom stereocenters. The number of aromatic nitrogens is 1. The van der Waals surface area contributed by atoms with Gasteiger partial charge in [0.05, 0.1) is 5.56 Å². The molecule has 3 aromatic rings. The molecular formula is C35H38F8IN2O4-. The standard InChI is InChI=1S/C35H38F8IN2O4/c1-17(2)10-26(46-16-21(8-7-9-44-6)23(14-27(46)47)34(38,39)40)33(50)45-25(15-28(48)49)30-31(36)22(13-24(32(30)37)35(41,42)43)29-19(4)11-18(3)12-20(29)5/h11-14,16-17,25-26H,7-10,15H2,1-6H3,(H,45,50)(H,48,49)/q-1/t25-,26-/m0/s1. The number of carboxylic acids is 1. The van der Waals surface area contributed by atoms with E-state index in [0.717, 1.165) is 10.8 Å². The van der Waals surface area contributed by atoms with Crippen molar-refractivity contribution >= 4 is 11.9 Å². The van der Waals surface area contributed by atoms with Crippen molar-refractivity contribution in [1.29, 1.82) is 0 Å². The summed E-state index contributed by atoms with van der Waals surface area (Å²) in [5.74, 6) is -7.03. The fourth-order valence-corrected chi connectivity index (χ4v) is 7.25. The number of amides is 1. The number of hydrogen-bond donors (Lipinski definition) is 2. The van der Waals surface area contributed by atoms with Crippen molar-refractivity contribution in [2.45, 2.75) is 84.7 Å². The fraction of sp³-hybridized carbons (Fsp3) is 0.457. The van der Waals surface area contributed by atoms with Crippen molar-refractivity contribution in [2.75, 3.05) is 9.36 Å². The fourth-order valence-electron chi connectivity index (χ4n) is 6.11. The van der Waals surface area contributed by atoms with Gasteiger partial charge in [0.1, 0.15) is 0 Å². The molecule has 0 saturated heterocycles. The Kier molecular flexibility index (Phi) is 13.3. The number of nitrogens with one attached hydrogen (secondary N) is 1. The van der Waals surface area contributed by atoms with E-state index in [1.807, 2.05) is 4.93 Å². The minimum atomic E-state index is -5.37. The van der Waals surface area contributed by atoms with Crippen LogP contribution in [0.15, 0.2) is 35.3 Å². The van der Waals surface area contributed by atoms with Crippen LogP contribution in [0, 0.1) is 38.3 Å². The molecule has 0 aliphatic heterocycles. The van der Waals surface area contributed by atoms with E-state index < -0.39 is 88.1 Å². The summed E-state index contributed by atoms with van der Waals surface area (Å²) in [6.45, 7) is 7.98. The molecule has 15 heteroatoms. The van der Waals surface area contributed by atoms with Crippen molar-refractivity contribution in [1.82, 2.24) is 9.88 Å². The predicted molar refractivity (Wildman–Crippen MR) is 167 cm³/mol. The van der Waals surface area contributed by atoms with Crippen LogP contribution in [-0.2, 0) is 28.4 Å². The minimum absolute atomic E-state index is 0.00644. The summed E-state index contributed by atoms with van der Waals surface area (Å²) in [7, 11) is 0. The van der Waals surface area contributed by atoms with Crippen molar-refractivity contribution in [3.05, 3.63) is 91.4 Å². The van der Waals surface area contributed by atoms with E-state index in [2.05, 4.69) is 5.32 Å². The number of carbonyl (C=O) groups excluding carboxylic acids is 1. The first-order valence-electron chi connectivity index (χ1n) is 15.5. The van der Waals surface area contributed by atoms with Gasteiger partial charge >= 0.3 is 191 Å². The molecule has 276 valence electrons. The zero-order chi connectivity index (χ0) is 37.9. The number of aryl methyl sites for hydroxylation is 4. The second kappa shape index (κ2) is 16.2. The zero-order valence-corrected chi connectivity index (χ0v) is 30.3. The van der Waals surface area contributed by atoms with E-state index in [-0.39, 0.29) is 45.2 Å². The Morgan fingerprint density at radius 3 is 2.00 bits per heavy atom. The Hall–Kier alpha value is -3.50. The molecule has 1 aromatic heterocycles. The molecule has 0 bridgehead atoms. The van der Waals surface area contributed by atoms with Crippen LogP contribution in [0.2, 0.25) is 0 Å². The van der Waals surface area contributed by atoms with E-state index in [4.69, 9.17) is 0 Å². The summed E-state index contributed by atoms with van der Waals surface area (Å²) >= 11 is -0.252. The van der Waals surface area contributed by atoms with Gasteiger partial charge in [-0.15, -0.1) is 0 Å². The Morgan fingerprint density at radius 2 is 1.50 bits per heavy atom. The van der Waals surface area contributed by atoms with Gasteiger partial charge in [0.15, 0.2) is 0 Å². The van der Waals surface area contributed by atoms with Gasteiger partial charge in [-0.05, 0) is 43.5 Å². The van der Waals surface area contributed by atoms with E-state index in [1.54, 1.807) is 32.9 Å². The van der Waals surface area contributed by atoms with Crippen LogP contribution in [0.3, 0.4) is 0 Å². The van der Waals surface area contributed by atoms with E-state index in [9.17, 15) is 45.8 Å². The third-order valence-electron chi connectivity index (χ3n) is 8.10. The Balaban J connectivity index is 2.28. The van der Waals surface area contributed by atoms with Crippen molar-refractivity contribution in [3.8, 4) is 11.1 Å². The molecule has 2 N–H and O–H groups in total. The molecule has 0 spiro atoms. The first-order chi connectivity index (χ1) is 23.1. The number of carbonyl (C=O) groups is 2. The Bertz CT molecular complexity index is 1780. The van der Waals surface area contributed by atoms with Crippen LogP contribution in [-0.4, -0.2) is 30.9 Å². The monoisotopic (exact) mass is 829 g/mol. The third-order valence-corrected chi connectivity index (χ3v) is 9.94. The van der Waals surface area contributed by atoms with Crippen molar-refractivity contribution in [3.63, 3.8) is 0 Å². The van der Waals surface area contributed by atoms with Gasteiger partial charge in [-0.1, -0.05) is 17.7 Å². The van der Waals surface area contributed by atoms with Crippen LogP contribution >= 0.6 is 0 Å². The number of hydrogen-bond acceptors (Lipinski definition) is 3. The normalized spacial score (nSPS) is 13.5. The molecule has 6 nitrogen and oxygen atoms in total. The first kappa shape index (κ1) is 40.9. The summed E-state index contributed by atoms with van der Waals surface area (Å²) in [4.78, 5) is 41.0. The van der Waals surface area contributed by atoms with Crippen LogP contribution in [0.4, 0.5) is 35.1 Å². The number of carboxylic acid groups (broad SMARTS) is 1. The number of nitrogens with zero attached hydrogens (tertiary/aromatic N) is 1. The average molecular weight is 830 g/mol. The number of halogens is 9. The number of benzene rings is 2. The van der Waals surface area contributed by atoms with Crippen LogP contribution in [0.5, 0.6) is 0 Å². The molecule has 0 saturated carbocycles. The Morgan fingerprint density at radius 1 is 0.920 bits per heavy atom. The SMILES string of the molecule is C[I-]CCCc1cn([C@@H](CC(C)C)C(=O)N[C@@H](CC(=O)O)c2c(F)c(-c3c(C)cc(C)cc3C)cc(C(F)(F)F)c2F)c(=O)cc1C(F)(F)F. The van der Waals surface area contributed by atoms with Crippen LogP contribution in [0.25, 0.3) is 11.1 Å². The topological polar surface area (TPSA) is 88.4 Å². The first-order valence-corrected chi connectivity index (χ1v) is 19.2. The third kappa shape index (κ3) is 9.63. The van der Waals surface area contributed by atoms with Crippen molar-refractivity contribution in [2.24, 2.45) is 5.92 Å². The number of pyridine rings is 1. The maximum absolute atomic E-state index is 16.4. The van der Waals surface area contributed by atoms with Crippen molar-refractivity contribution < 1.29 is 71.0 Å². The molecule has 2 aromatic carbocycles. The molecule has 0 radical (unpaired) electrons. The van der Waals surface area contributed by atoms with Gasteiger partial charge in [-0.3, -0.25) is 4.79 Å². The summed E-state index contributed by atoms with van der Waals surface area (Å²) in [6, 6.07) is -0.0352. The van der Waals surface area contributed by atoms with E-state index in [1.165, 1.54) is 13.8 Å². The molecule has 0 unspecified atom stereocenters. The van der Waals surface area contributed by atoms with Gasteiger partial charge in [-0.2, -0.15) is 13.2 Å².